The Hall–Kier alpha value is -0.970. The van der Waals surface area contributed by atoms with Gasteiger partial charge in [-0.15, -0.1) is 11.3 Å². The summed E-state index contributed by atoms with van der Waals surface area (Å²) in [5.41, 5.74) is 1.12. The Bertz CT molecular complexity index is 1010. The van der Waals surface area contributed by atoms with Crippen molar-refractivity contribution in [1.29, 1.82) is 0 Å². The molecule has 1 aromatic carbocycles. The Morgan fingerprint density at radius 1 is 0.893 bits per heavy atom. The molecule has 1 aromatic heterocycles. The Balaban J connectivity index is 1.68. The number of rotatable bonds is 7. The normalized spacial score (nSPS) is 17.1. The van der Waals surface area contributed by atoms with Crippen LogP contribution in [0.2, 0.25) is 4.34 Å². The molecule has 1 saturated heterocycles. The van der Waals surface area contributed by atoms with E-state index >= 15 is 0 Å². The van der Waals surface area contributed by atoms with Gasteiger partial charge in [-0.1, -0.05) is 37.1 Å². The number of hydrogen-bond donors (Lipinski definition) is 0. The van der Waals surface area contributed by atoms with Gasteiger partial charge in [0.2, 0.25) is 10.0 Å². The van der Waals surface area contributed by atoms with Crippen molar-refractivity contribution in [3.8, 4) is 0 Å². The summed E-state index contributed by atoms with van der Waals surface area (Å²) in [4.78, 5) is 0.245. The van der Waals surface area contributed by atoms with E-state index in [-0.39, 0.29) is 35.3 Å². The fourth-order valence-electron chi connectivity index (χ4n) is 3.07. The number of unbranched alkanes of at least 4 members (excludes halogenated alkanes) is 1. The average molecular weight is 463 g/mol. The predicted octanol–water partition coefficient (Wildman–Crippen LogP) is 3.44. The van der Waals surface area contributed by atoms with Crippen LogP contribution in [-0.4, -0.2) is 51.6 Å². The molecule has 0 N–H and O–H groups in total. The molecule has 1 aliphatic heterocycles. The van der Waals surface area contributed by atoms with Crippen molar-refractivity contribution in [2.75, 3.05) is 26.2 Å². The van der Waals surface area contributed by atoms with E-state index < -0.39 is 20.0 Å². The summed E-state index contributed by atoms with van der Waals surface area (Å²) < 4.78 is 54.3. The number of aryl methyl sites for hydroxylation is 1. The van der Waals surface area contributed by atoms with E-state index in [9.17, 15) is 16.8 Å². The number of piperazine rings is 1. The topological polar surface area (TPSA) is 74.8 Å². The van der Waals surface area contributed by atoms with Crippen LogP contribution >= 0.6 is 22.9 Å². The van der Waals surface area contributed by atoms with Crippen molar-refractivity contribution in [1.82, 2.24) is 8.61 Å². The number of hydrogen-bond acceptors (Lipinski definition) is 5. The van der Waals surface area contributed by atoms with E-state index in [0.717, 1.165) is 36.2 Å². The lowest BCUT2D eigenvalue weighted by Crippen LogP contribution is -2.50. The highest BCUT2D eigenvalue weighted by Crippen LogP contribution is 2.29. The molecule has 0 aliphatic carbocycles. The molecule has 1 fully saturated rings. The Morgan fingerprint density at radius 3 is 1.96 bits per heavy atom. The maximum absolute atomic E-state index is 12.9. The second-order valence-corrected chi connectivity index (χ2v) is 12.4. The fourth-order valence-corrected chi connectivity index (χ4v) is 7.55. The first kappa shape index (κ1) is 21.7. The lowest BCUT2D eigenvalue weighted by molar-refractivity contribution is 0.273. The first-order valence-corrected chi connectivity index (χ1v) is 13.2. The molecule has 28 heavy (non-hydrogen) atoms. The first-order chi connectivity index (χ1) is 13.2. The molecule has 10 heteroatoms. The summed E-state index contributed by atoms with van der Waals surface area (Å²) in [6.07, 6.45) is 3.09. The van der Waals surface area contributed by atoms with Gasteiger partial charge in [0.25, 0.3) is 10.0 Å². The monoisotopic (exact) mass is 462 g/mol. The van der Waals surface area contributed by atoms with Crippen molar-refractivity contribution >= 4 is 43.0 Å². The van der Waals surface area contributed by atoms with E-state index in [0.29, 0.717) is 4.34 Å². The molecular formula is C18H23ClN2O4S3. The summed E-state index contributed by atoms with van der Waals surface area (Å²) in [5.74, 6) is 0. The summed E-state index contributed by atoms with van der Waals surface area (Å²) >= 11 is 6.85. The third-order valence-corrected chi connectivity index (χ3v) is 10.2. The van der Waals surface area contributed by atoms with Crippen molar-refractivity contribution in [3.05, 3.63) is 46.3 Å². The Labute approximate surface area is 175 Å². The zero-order valence-corrected chi connectivity index (χ0v) is 18.7. The number of thiophene rings is 1. The third kappa shape index (κ3) is 4.60. The Kier molecular flexibility index (Phi) is 6.84. The number of halogens is 1. The molecular weight excluding hydrogens is 440 g/mol. The van der Waals surface area contributed by atoms with E-state index in [1.165, 1.54) is 14.7 Å². The van der Waals surface area contributed by atoms with Gasteiger partial charge in [-0.25, -0.2) is 16.8 Å². The van der Waals surface area contributed by atoms with Crippen molar-refractivity contribution in [2.45, 2.75) is 35.3 Å². The van der Waals surface area contributed by atoms with E-state index in [2.05, 4.69) is 6.92 Å². The minimum Gasteiger partial charge on any atom is -0.207 e. The van der Waals surface area contributed by atoms with Crippen LogP contribution in [0.15, 0.2) is 45.5 Å². The second-order valence-electron chi connectivity index (χ2n) is 6.61. The molecule has 3 rings (SSSR count). The highest BCUT2D eigenvalue weighted by molar-refractivity contribution is 7.91. The van der Waals surface area contributed by atoms with Crippen LogP contribution in [0.25, 0.3) is 0 Å². The van der Waals surface area contributed by atoms with E-state index in [1.54, 1.807) is 18.2 Å². The van der Waals surface area contributed by atoms with Gasteiger partial charge in [0, 0.05) is 26.2 Å². The van der Waals surface area contributed by atoms with Crippen LogP contribution in [0.5, 0.6) is 0 Å². The van der Waals surface area contributed by atoms with Gasteiger partial charge in [0.1, 0.15) is 4.21 Å². The van der Waals surface area contributed by atoms with Gasteiger partial charge in [0.05, 0.1) is 9.23 Å². The SMILES string of the molecule is CCCCc1ccc(S(=O)(=O)N2CCN(S(=O)(=O)c3ccc(Cl)s3)CC2)cc1. The zero-order valence-electron chi connectivity index (χ0n) is 15.5. The minimum absolute atomic E-state index is 0.117. The van der Waals surface area contributed by atoms with Crippen LogP contribution in [0.3, 0.4) is 0 Å². The lowest BCUT2D eigenvalue weighted by atomic mass is 10.1. The molecule has 0 radical (unpaired) electrons. The summed E-state index contributed by atoms with van der Waals surface area (Å²) in [6, 6.07) is 10.00. The summed E-state index contributed by atoms with van der Waals surface area (Å²) in [6.45, 7) is 2.60. The molecule has 0 amide bonds. The molecule has 154 valence electrons. The van der Waals surface area contributed by atoms with Gasteiger partial charge in [0.15, 0.2) is 0 Å². The van der Waals surface area contributed by atoms with Crippen molar-refractivity contribution in [2.24, 2.45) is 0 Å². The largest absolute Gasteiger partial charge is 0.252 e. The first-order valence-electron chi connectivity index (χ1n) is 9.09. The highest BCUT2D eigenvalue weighted by Gasteiger charge is 2.34. The number of nitrogens with zero attached hydrogens (tertiary/aromatic N) is 2. The lowest BCUT2D eigenvalue weighted by Gasteiger charge is -2.33. The second kappa shape index (κ2) is 8.81. The van der Waals surface area contributed by atoms with Crippen LogP contribution in [0, 0.1) is 0 Å². The van der Waals surface area contributed by atoms with Gasteiger partial charge in [-0.05, 0) is 42.7 Å². The smallest absolute Gasteiger partial charge is 0.207 e. The number of benzene rings is 1. The molecule has 0 saturated carbocycles. The quantitative estimate of drug-likeness (QED) is 0.631. The van der Waals surface area contributed by atoms with Crippen LogP contribution in [0.1, 0.15) is 25.3 Å². The molecule has 0 bridgehead atoms. The molecule has 2 aromatic rings. The maximum Gasteiger partial charge on any atom is 0.252 e. The molecule has 0 spiro atoms. The molecule has 0 atom stereocenters. The van der Waals surface area contributed by atoms with Gasteiger partial charge >= 0.3 is 0 Å². The number of sulfonamides is 2. The standard InChI is InChI=1S/C18H23ClN2O4S3/c1-2-3-4-15-5-7-16(8-6-15)27(22,23)20-11-13-21(14-12-20)28(24,25)18-10-9-17(19)26-18/h5-10H,2-4,11-14H2,1H3. The third-order valence-electron chi connectivity index (χ3n) is 4.72. The van der Waals surface area contributed by atoms with Gasteiger partial charge in [-0.2, -0.15) is 8.61 Å². The molecule has 2 heterocycles. The van der Waals surface area contributed by atoms with E-state index in [1.807, 2.05) is 12.1 Å². The molecule has 1 aliphatic rings. The molecule has 6 nitrogen and oxygen atoms in total. The average Bonchev–Trinajstić information content (AvgIpc) is 3.14. The Morgan fingerprint density at radius 2 is 1.46 bits per heavy atom. The summed E-state index contributed by atoms with van der Waals surface area (Å²) in [5, 5.41) is 0. The zero-order chi connectivity index (χ0) is 20.4. The maximum atomic E-state index is 12.9. The minimum atomic E-state index is -3.64. The van der Waals surface area contributed by atoms with Crippen LogP contribution in [0.4, 0.5) is 0 Å². The van der Waals surface area contributed by atoms with Crippen molar-refractivity contribution < 1.29 is 16.8 Å². The van der Waals surface area contributed by atoms with Gasteiger partial charge in [-0.3, -0.25) is 0 Å². The van der Waals surface area contributed by atoms with Crippen LogP contribution < -0.4 is 0 Å². The fraction of sp³-hybridized carbons (Fsp3) is 0.444. The van der Waals surface area contributed by atoms with Gasteiger partial charge < -0.3 is 0 Å². The van der Waals surface area contributed by atoms with E-state index in [4.69, 9.17) is 11.6 Å². The molecule has 0 unspecified atom stereocenters. The summed E-state index contributed by atoms with van der Waals surface area (Å²) in [7, 11) is -7.28. The van der Waals surface area contributed by atoms with Crippen LogP contribution in [-0.2, 0) is 26.5 Å². The predicted molar refractivity (Wildman–Crippen MR) is 112 cm³/mol. The van der Waals surface area contributed by atoms with Crippen molar-refractivity contribution in [3.63, 3.8) is 0 Å². The highest BCUT2D eigenvalue weighted by atomic mass is 35.5.